The zero-order valence-electron chi connectivity index (χ0n) is 14.2. The Kier molecular flexibility index (Phi) is 6.35. The molecule has 2 amide bonds. The molecule has 1 heterocycles. The Labute approximate surface area is 142 Å². The molecule has 0 bridgehead atoms. The molecule has 130 valence electrons. The molecule has 1 aromatic rings. The van der Waals surface area contributed by atoms with Crippen LogP contribution in [0.3, 0.4) is 0 Å². The minimum Gasteiger partial charge on any atom is -0.465 e. The summed E-state index contributed by atoms with van der Waals surface area (Å²) in [6, 6.07) is 7.76. The summed E-state index contributed by atoms with van der Waals surface area (Å²) in [4.78, 5) is 36.8. The molecule has 1 saturated heterocycles. The summed E-state index contributed by atoms with van der Waals surface area (Å²) in [6.45, 7) is 4.57. The first-order valence-electron chi connectivity index (χ1n) is 8.32. The second-order valence-corrected chi connectivity index (χ2v) is 5.89. The molecule has 1 aliphatic rings. The minimum absolute atomic E-state index is 0.0453. The summed E-state index contributed by atoms with van der Waals surface area (Å²) in [5.41, 5.74) is 1.97. The number of carbonyl (C=O) groups is 3. The number of para-hydroxylation sites is 1. The SMILES string of the molecule is CCc1ccccc1N1C[C@H](C(=O)OCCCNC(C)=O)CC1=O. The molecule has 0 spiro atoms. The van der Waals surface area contributed by atoms with E-state index in [1.807, 2.05) is 31.2 Å². The van der Waals surface area contributed by atoms with Crippen molar-refractivity contribution in [2.75, 3.05) is 24.6 Å². The molecule has 1 N–H and O–H groups in total. The lowest BCUT2D eigenvalue weighted by molar-refractivity contribution is -0.148. The van der Waals surface area contributed by atoms with E-state index in [2.05, 4.69) is 5.32 Å². The van der Waals surface area contributed by atoms with Crippen molar-refractivity contribution in [3.8, 4) is 0 Å². The number of carbonyl (C=O) groups excluding carboxylic acids is 3. The molecule has 6 heteroatoms. The Hall–Kier alpha value is -2.37. The third-order valence-electron chi connectivity index (χ3n) is 4.06. The lowest BCUT2D eigenvalue weighted by Gasteiger charge is -2.19. The van der Waals surface area contributed by atoms with E-state index >= 15 is 0 Å². The van der Waals surface area contributed by atoms with Gasteiger partial charge in [-0.25, -0.2) is 0 Å². The summed E-state index contributed by atoms with van der Waals surface area (Å²) >= 11 is 0. The summed E-state index contributed by atoms with van der Waals surface area (Å²) < 4.78 is 5.23. The van der Waals surface area contributed by atoms with E-state index in [-0.39, 0.29) is 30.8 Å². The number of amides is 2. The highest BCUT2D eigenvalue weighted by Gasteiger charge is 2.36. The summed E-state index contributed by atoms with van der Waals surface area (Å²) in [5, 5.41) is 2.64. The van der Waals surface area contributed by atoms with Gasteiger partial charge < -0.3 is 15.0 Å². The average molecular weight is 332 g/mol. The summed E-state index contributed by atoms with van der Waals surface area (Å²) in [5.74, 6) is -0.921. The smallest absolute Gasteiger partial charge is 0.311 e. The van der Waals surface area contributed by atoms with Crippen LogP contribution in [0.5, 0.6) is 0 Å². The largest absolute Gasteiger partial charge is 0.465 e. The highest BCUT2D eigenvalue weighted by Crippen LogP contribution is 2.29. The van der Waals surface area contributed by atoms with E-state index in [0.717, 1.165) is 17.7 Å². The van der Waals surface area contributed by atoms with Crippen molar-refractivity contribution < 1.29 is 19.1 Å². The van der Waals surface area contributed by atoms with Gasteiger partial charge in [-0.05, 0) is 24.5 Å². The van der Waals surface area contributed by atoms with Gasteiger partial charge in [0.1, 0.15) is 0 Å². The van der Waals surface area contributed by atoms with Crippen molar-refractivity contribution in [2.45, 2.75) is 33.1 Å². The number of hydrogen-bond donors (Lipinski definition) is 1. The topological polar surface area (TPSA) is 75.7 Å². The van der Waals surface area contributed by atoms with E-state index in [1.165, 1.54) is 6.92 Å². The number of aryl methyl sites for hydroxylation is 1. The van der Waals surface area contributed by atoms with Gasteiger partial charge in [0.25, 0.3) is 0 Å². The molecular formula is C18H24N2O4. The molecule has 24 heavy (non-hydrogen) atoms. The first-order valence-corrected chi connectivity index (χ1v) is 8.32. The second kappa shape index (κ2) is 8.47. The van der Waals surface area contributed by atoms with Crippen molar-refractivity contribution in [3.63, 3.8) is 0 Å². The lowest BCUT2D eigenvalue weighted by Crippen LogP contribution is -2.27. The van der Waals surface area contributed by atoms with Crippen LogP contribution >= 0.6 is 0 Å². The summed E-state index contributed by atoms with van der Waals surface area (Å²) in [7, 11) is 0. The van der Waals surface area contributed by atoms with Crippen LogP contribution < -0.4 is 10.2 Å². The standard InChI is InChI=1S/C18H24N2O4/c1-3-14-7-4-5-8-16(14)20-12-15(11-17(20)22)18(23)24-10-6-9-19-13(2)21/h4-5,7-8,15H,3,6,9-12H2,1-2H3,(H,19,21)/t15-/m1/s1. The van der Waals surface area contributed by atoms with Crippen LogP contribution in [0.2, 0.25) is 0 Å². The maximum absolute atomic E-state index is 12.3. The first kappa shape index (κ1) is 18.0. The number of rotatable bonds is 7. The van der Waals surface area contributed by atoms with Crippen LogP contribution in [0.15, 0.2) is 24.3 Å². The highest BCUT2D eigenvalue weighted by molar-refractivity contribution is 6.00. The van der Waals surface area contributed by atoms with Gasteiger partial charge in [-0.2, -0.15) is 0 Å². The Morgan fingerprint density at radius 3 is 2.79 bits per heavy atom. The van der Waals surface area contributed by atoms with Crippen LogP contribution in [0.1, 0.15) is 32.3 Å². The normalized spacial score (nSPS) is 17.0. The monoisotopic (exact) mass is 332 g/mol. The van der Waals surface area contributed by atoms with Crippen molar-refractivity contribution >= 4 is 23.5 Å². The number of nitrogens with zero attached hydrogens (tertiary/aromatic N) is 1. The van der Waals surface area contributed by atoms with E-state index in [1.54, 1.807) is 4.90 Å². The van der Waals surface area contributed by atoms with Crippen LogP contribution in [0, 0.1) is 5.92 Å². The highest BCUT2D eigenvalue weighted by atomic mass is 16.5. The third-order valence-corrected chi connectivity index (χ3v) is 4.06. The average Bonchev–Trinajstić information content (AvgIpc) is 2.95. The number of esters is 1. The van der Waals surface area contributed by atoms with Crippen LogP contribution in [-0.4, -0.2) is 37.5 Å². The number of benzene rings is 1. The molecule has 0 radical (unpaired) electrons. The van der Waals surface area contributed by atoms with Crippen LogP contribution in [-0.2, 0) is 25.5 Å². The number of anilines is 1. The predicted molar refractivity (Wildman–Crippen MR) is 90.5 cm³/mol. The van der Waals surface area contributed by atoms with E-state index in [4.69, 9.17) is 4.74 Å². The third kappa shape index (κ3) is 4.57. The van der Waals surface area contributed by atoms with Gasteiger partial charge in [0.15, 0.2) is 0 Å². The molecule has 0 unspecified atom stereocenters. The second-order valence-electron chi connectivity index (χ2n) is 5.89. The van der Waals surface area contributed by atoms with Gasteiger partial charge >= 0.3 is 5.97 Å². The molecule has 0 aliphatic carbocycles. The fourth-order valence-electron chi connectivity index (χ4n) is 2.80. The zero-order valence-corrected chi connectivity index (χ0v) is 14.2. The van der Waals surface area contributed by atoms with Crippen molar-refractivity contribution in [1.82, 2.24) is 5.32 Å². The Morgan fingerprint density at radius 1 is 1.33 bits per heavy atom. The summed E-state index contributed by atoms with van der Waals surface area (Å²) in [6.07, 6.45) is 1.58. The molecule has 1 aliphatic heterocycles. The van der Waals surface area contributed by atoms with Crippen LogP contribution in [0.25, 0.3) is 0 Å². The Morgan fingerprint density at radius 2 is 2.08 bits per heavy atom. The Bertz CT molecular complexity index is 615. The van der Waals surface area contributed by atoms with E-state index in [9.17, 15) is 14.4 Å². The van der Waals surface area contributed by atoms with Gasteiger partial charge in [0.2, 0.25) is 11.8 Å². The fraction of sp³-hybridized carbons (Fsp3) is 0.500. The predicted octanol–water partition coefficient (Wildman–Crippen LogP) is 1.67. The number of hydrogen-bond acceptors (Lipinski definition) is 4. The molecule has 2 rings (SSSR count). The lowest BCUT2D eigenvalue weighted by atomic mass is 10.1. The molecule has 1 aromatic carbocycles. The van der Waals surface area contributed by atoms with E-state index in [0.29, 0.717) is 19.5 Å². The number of ether oxygens (including phenoxy) is 1. The fourth-order valence-corrected chi connectivity index (χ4v) is 2.80. The maximum atomic E-state index is 12.3. The number of nitrogens with one attached hydrogen (secondary N) is 1. The van der Waals surface area contributed by atoms with Gasteiger partial charge in [-0.15, -0.1) is 0 Å². The van der Waals surface area contributed by atoms with Gasteiger partial charge in [-0.3, -0.25) is 14.4 Å². The minimum atomic E-state index is -0.428. The van der Waals surface area contributed by atoms with Crippen molar-refractivity contribution in [1.29, 1.82) is 0 Å². The molecule has 1 fully saturated rings. The molecule has 6 nitrogen and oxygen atoms in total. The molecule has 0 saturated carbocycles. The van der Waals surface area contributed by atoms with Gasteiger partial charge in [0, 0.05) is 32.1 Å². The van der Waals surface area contributed by atoms with Crippen molar-refractivity contribution in [3.05, 3.63) is 29.8 Å². The van der Waals surface area contributed by atoms with Gasteiger partial charge in [-0.1, -0.05) is 25.1 Å². The molecule has 0 aromatic heterocycles. The Balaban J connectivity index is 1.87. The maximum Gasteiger partial charge on any atom is 0.311 e. The van der Waals surface area contributed by atoms with Gasteiger partial charge in [0.05, 0.1) is 12.5 Å². The zero-order chi connectivity index (χ0) is 17.5. The molecule has 1 atom stereocenters. The quantitative estimate of drug-likeness (QED) is 0.609. The van der Waals surface area contributed by atoms with E-state index < -0.39 is 5.92 Å². The van der Waals surface area contributed by atoms with Crippen LogP contribution in [0.4, 0.5) is 5.69 Å². The molecular weight excluding hydrogens is 308 g/mol. The first-order chi connectivity index (χ1) is 11.5. The van der Waals surface area contributed by atoms with Crippen molar-refractivity contribution in [2.24, 2.45) is 5.92 Å².